The van der Waals surface area contributed by atoms with Crippen molar-refractivity contribution in [3.05, 3.63) is 53.1 Å². The van der Waals surface area contributed by atoms with Crippen molar-refractivity contribution in [3.63, 3.8) is 0 Å². The van der Waals surface area contributed by atoms with E-state index in [0.29, 0.717) is 31.2 Å². The quantitative estimate of drug-likeness (QED) is 0.835. The molecule has 0 spiro atoms. The van der Waals surface area contributed by atoms with Gasteiger partial charge in [0.2, 0.25) is 0 Å². The second kappa shape index (κ2) is 8.78. The molecule has 4 rings (SSSR count). The maximum Gasteiger partial charge on any atom is 0.287 e. The molecule has 2 aliphatic rings. The monoisotopic (exact) mass is 395 g/mol. The number of fused-ring (bicyclic) bond motifs is 1. The fourth-order valence-electron chi connectivity index (χ4n) is 4.09. The lowest BCUT2D eigenvalue weighted by molar-refractivity contribution is 0.0657. The molecule has 1 saturated heterocycles. The van der Waals surface area contributed by atoms with E-state index in [4.69, 9.17) is 0 Å². The molecule has 7 heteroatoms. The molecule has 2 aromatic rings. The molecule has 0 atom stereocenters. The van der Waals surface area contributed by atoms with Crippen LogP contribution in [0.15, 0.2) is 30.3 Å². The van der Waals surface area contributed by atoms with Gasteiger partial charge in [-0.25, -0.2) is 4.98 Å². The summed E-state index contributed by atoms with van der Waals surface area (Å²) in [6.07, 6.45) is 3.62. The lowest BCUT2D eigenvalue weighted by Gasteiger charge is -2.32. The summed E-state index contributed by atoms with van der Waals surface area (Å²) in [6.45, 7) is 4.45. The Bertz CT molecular complexity index is 869. The van der Waals surface area contributed by atoms with Crippen LogP contribution >= 0.6 is 0 Å². The van der Waals surface area contributed by atoms with Crippen LogP contribution in [0, 0.1) is 0 Å². The number of rotatable bonds is 5. The Hall–Kier alpha value is -2.67. The van der Waals surface area contributed by atoms with Gasteiger partial charge in [0.1, 0.15) is 5.69 Å². The van der Waals surface area contributed by atoms with E-state index in [9.17, 15) is 9.59 Å². The zero-order valence-corrected chi connectivity index (χ0v) is 17.1. The van der Waals surface area contributed by atoms with Crippen LogP contribution in [-0.4, -0.2) is 70.9 Å². The maximum absolute atomic E-state index is 13.1. The van der Waals surface area contributed by atoms with Gasteiger partial charge < -0.3 is 19.7 Å². The number of hydrogen-bond acceptors (Lipinski definition) is 4. The highest BCUT2D eigenvalue weighted by Crippen LogP contribution is 2.22. The molecule has 1 N–H and O–H groups in total. The predicted molar refractivity (Wildman–Crippen MR) is 111 cm³/mol. The van der Waals surface area contributed by atoms with Crippen molar-refractivity contribution in [2.24, 2.45) is 0 Å². The molecule has 7 nitrogen and oxygen atoms in total. The van der Waals surface area contributed by atoms with Gasteiger partial charge in [-0.15, -0.1) is 0 Å². The number of carbonyl (C=O) groups excluding carboxylic acids is 2. The Balaban J connectivity index is 1.48. The first kappa shape index (κ1) is 19.6. The van der Waals surface area contributed by atoms with E-state index >= 15 is 0 Å². The first-order valence-corrected chi connectivity index (χ1v) is 10.5. The van der Waals surface area contributed by atoms with Crippen LogP contribution in [-0.2, 0) is 19.4 Å². The van der Waals surface area contributed by atoms with Gasteiger partial charge >= 0.3 is 0 Å². The molecule has 0 unspecified atom stereocenters. The fourth-order valence-corrected chi connectivity index (χ4v) is 4.09. The summed E-state index contributed by atoms with van der Waals surface area (Å²) >= 11 is 0. The smallest absolute Gasteiger partial charge is 0.287 e. The van der Waals surface area contributed by atoms with E-state index in [1.807, 2.05) is 27.7 Å². The number of carbonyl (C=O) groups is 2. The summed E-state index contributed by atoms with van der Waals surface area (Å²) in [6, 6.07) is 10.1. The molecule has 1 fully saturated rings. The van der Waals surface area contributed by atoms with Crippen LogP contribution in [0.4, 0.5) is 0 Å². The van der Waals surface area contributed by atoms with E-state index in [1.165, 1.54) is 5.56 Å². The summed E-state index contributed by atoms with van der Waals surface area (Å²) < 4.78 is 1.96. The molecule has 154 valence electrons. The SMILES string of the molecule is CN1CCN(C(=O)c2nc(C(=O)NCCc3ccccc3)n3c2CCCC3)CC1. The van der Waals surface area contributed by atoms with E-state index in [0.717, 1.165) is 51.0 Å². The van der Waals surface area contributed by atoms with Gasteiger partial charge in [-0.05, 0) is 38.3 Å². The maximum atomic E-state index is 13.1. The van der Waals surface area contributed by atoms with Crippen molar-refractivity contribution in [2.75, 3.05) is 39.8 Å². The number of imidazole rings is 1. The van der Waals surface area contributed by atoms with Crippen molar-refractivity contribution in [1.82, 2.24) is 24.7 Å². The molecule has 1 aromatic carbocycles. The molecule has 2 amide bonds. The summed E-state index contributed by atoms with van der Waals surface area (Å²) in [4.78, 5) is 34.6. The highest BCUT2D eigenvalue weighted by molar-refractivity contribution is 5.97. The topological polar surface area (TPSA) is 70.5 Å². The molecule has 0 radical (unpaired) electrons. The van der Waals surface area contributed by atoms with Gasteiger partial charge in [0.15, 0.2) is 5.82 Å². The highest BCUT2D eigenvalue weighted by atomic mass is 16.2. The number of amides is 2. The second-order valence-corrected chi connectivity index (χ2v) is 7.93. The number of hydrogen-bond donors (Lipinski definition) is 1. The van der Waals surface area contributed by atoms with E-state index in [-0.39, 0.29) is 11.8 Å². The Morgan fingerprint density at radius 3 is 2.55 bits per heavy atom. The molecular weight excluding hydrogens is 366 g/mol. The average Bonchev–Trinajstić information content (AvgIpc) is 3.14. The minimum absolute atomic E-state index is 0.0351. The molecule has 0 saturated carbocycles. The van der Waals surface area contributed by atoms with Gasteiger partial charge in [-0.2, -0.15) is 0 Å². The van der Waals surface area contributed by atoms with Crippen LogP contribution in [0.2, 0.25) is 0 Å². The van der Waals surface area contributed by atoms with Crippen LogP contribution in [0.25, 0.3) is 0 Å². The fraction of sp³-hybridized carbons (Fsp3) is 0.500. The lowest BCUT2D eigenvalue weighted by atomic mass is 10.1. The van der Waals surface area contributed by atoms with Gasteiger partial charge in [0.25, 0.3) is 11.8 Å². The summed E-state index contributed by atoms with van der Waals surface area (Å²) in [5, 5.41) is 2.98. The highest BCUT2D eigenvalue weighted by Gasteiger charge is 2.30. The Kier molecular flexibility index (Phi) is 5.94. The first-order valence-electron chi connectivity index (χ1n) is 10.5. The Labute approximate surface area is 171 Å². The van der Waals surface area contributed by atoms with Gasteiger partial charge in [0.05, 0.1) is 5.69 Å². The Morgan fingerprint density at radius 2 is 1.79 bits per heavy atom. The predicted octanol–water partition coefficient (Wildman–Crippen LogP) is 1.58. The average molecular weight is 396 g/mol. The van der Waals surface area contributed by atoms with Crippen LogP contribution < -0.4 is 5.32 Å². The third-order valence-electron chi connectivity index (χ3n) is 5.86. The summed E-state index contributed by atoms with van der Waals surface area (Å²) in [5.74, 6) is 0.152. The largest absolute Gasteiger partial charge is 0.349 e. The number of aromatic nitrogens is 2. The summed E-state index contributed by atoms with van der Waals surface area (Å²) in [7, 11) is 2.07. The normalized spacial score (nSPS) is 17.1. The Morgan fingerprint density at radius 1 is 1.03 bits per heavy atom. The molecule has 3 heterocycles. The lowest BCUT2D eigenvalue weighted by Crippen LogP contribution is -2.47. The van der Waals surface area contributed by atoms with Crippen molar-refractivity contribution in [3.8, 4) is 0 Å². The van der Waals surface area contributed by atoms with Crippen molar-refractivity contribution < 1.29 is 9.59 Å². The van der Waals surface area contributed by atoms with Gasteiger partial charge in [0, 0.05) is 39.3 Å². The number of benzene rings is 1. The zero-order chi connectivity index (χ0) is 20.2. The zero-order valence-electron chi connectivity index (χ0n) is 17.1. The number of nitrogens with zero attached hydrogens (tertiary/aromatic N) is 4. The third-order valence-corrected chi connectivity index (χ3v) is 5.86. The number of likely N-dealkylation sites (N-methyl/N-ethyl adjacent to an activating group) is 1. The van der Waals surface area contributed by atoms with Crippen LogP contribution in [0.5, 0.6) is 0 Å². The molecular formula is C22H29N5O2. The molecule has 1 aromatic heterocycles. The summed E-state index contributed by atoms with van der Waals surface area (Å²) in [5.41, 5.74) is 2.58. The minimum Gasteiger partial charge on any atom is -0.349 e. The number of nitrogens with one attached hydrogen (secondary N) is 1. The van der Waals surface area contributed by atoms with Gasteiger partial charge in [-0.3, -0.25) is 9.59 Å². The van der Waals surface area contributed by atoms with Crippen molar-refractivity contribution in [1.29, 1.82) is 0 Å². The first-order chi connectivity index (χ1) is 14.1. The van der Waals surface area contributed by atoms with E-state index < -0.39 is 0 Å². The molecule has 2 aliphatic heterocycles. The van der Waals surface area contributed by atoms with Crippen LogP contribution in [0.3, 0.4) is 0 Å². The molecule has 0 bridgehead atoms. The standard InChI is InChI=1S/C22H29N5O2/c1-25-13-15-26(16-14-25)22(29)19-18-9-5-6-12-27(18)20(24-19)21(28)23-11-10-17-7-3-2-4-8-17/h2-4,7-8H,5-6,9-16H2,1H3,(H,23,28). The van der Waals surface area contributed by atoms with Crippen LogP contribution in [0.1, 0.15) is 45.2 Å². The minimum atomic E-state index is -0.193. The molecule has 29 heavy (non-hydrogen) atoms. The third kappa shape index (κ3) is 4.34. The molecule has 0 aliphatic carbocycles. The number of piperazine rings is 1. The van der Waals surface area contributed by atoms with Gasteiger partial charge in [-0.1, -0.05) is 30.3 Å². The van der Waals surface area contributed by atoms with Crippen molar-refractivity contribution >= 4 is 11.8 Å². The second-order valence-electron chi connectivity index (χ2n) is 7.93. The van der Waals surface area contributed by atoms with E-state index in [2.05, 4.69) is 34.4 Å². The van der Waals surface area contributed by atoms with Crippen molar-refractivity contribution in [2.45, 2.75) is 32.2 Å². The van der Waals surface area contributed by atoms with E-state index in [1.54, 1.807) is 0 Å².